The fourth-order valence-electron chi connectivity index (χ4n) is 2.09. The maximum Gasteiger partial charge on any atom is 0.335 e. The van der Waals surface area contributed by atoms with Crippen molar-refractivity contribution in [1.82, 2.24) is 0 Å². The van der Waals surface area contributed by atoms with Gasteiger partial charge < -0.3 is 9.84 Å². The summed E-state index contributed by atoms with van der Waals surface area (Å²) >= 11 is 3.29. The zero-order chi connectivity index (χ0) is 15.6. The molecule has 2 aromatic rings. The highest BCUT2D eigenvalue weighted by molar-refractivity contribution is 9.10. The van der Waals surface area contributed by atoms with Gasteiger partial charge in [-0.25, -0.2) is 9.18 Å². The number of halogens is 2. The van der Waals surface area contributed by atoms with E-state index in [-0.39, 0.29) is 18.0 Å². The molecule has 0 saturated heterocycles. The molecule has 2 aromatic carbocycles. The minimum atomic E-state index is -0.964. The van der Waals surface area contributed by atoms with Crippen LogP contribution in [0.2, 0.25) is 0 Å². The van der Waals surface area contributed by atoms with Crippen molar-refractivity contribution in [3.05, 3.63) is 62.9 Å². The molecule has 0 saturated carbocycles. The summed E-state index contributed by atoms with van der Waals surface area (Å²) in [7, 11) is 0. The van der Waals surface area contributed by atoms with Crippen LogP contribution in [-0.4, -0.2) is 11.1 Å². The summed E-state index contributed by atoms with van der Waals surface area (Å²) < 4.78 is 19.4. The topological polar surface area (TPSA) is 46.5 Å². The van der Waals surface area contributed by atoms with Gasteiger partial charge in [0.25, 0.3) is 0 Å². The SMILES string of the molecule is Cc1cc(C(=O)O)cc(C)c1OCc1ccc(F)cc1Br. The molecular weight excluding hydrogens is 339 g/mol. The first-order valence-electron chi connectivity index (χ1n) is 6.29. The molecule has 3 nitrogen and oxygen atoms in total. The summed E-state index contributed by atoms with van der Waals surface area (Å²) in [6.45, 7) is 3.87. The van der Waals surface area contributed by atoms with E-state index < -0.39 is 5.97 Å². The van der Waals surface area contributed by atoms with Crippen LogP contribution < -0.4 is 4.74 Å². The van der Waals surface area contributed by atoms with E-state index in [2.05, 4.69) is 15.9 Å². The molecule has 2 rings (SSSR count). The van der Waals surface area contributed by atoms with E-state index in [1.165, 1.54) is 12.1 Å². The van der Waals surface area contributed by atoms with Gasteiger partial charge in [-0.15, -0.1) is 0 Å². The number of hydrogen-bond donors (Lipinski definition) is 1. The second kappa shape index (κ2) is 6.26. The molecule has 0 heterocycles. The Bertz CT molecular complexity index is 675. The van der Waals surface area contributed by atoms with Crippen molar-refractivity contribution in [2.24, 2.45) is 0 Å². The van der Waals surface area contributed by atoms with Crippen molar-refractivity contribution < 1.29 is 19.0 Å². The first kappa shape index (κ1) is 15.5. The fraction of sp³-hybridized carbons (Fsp3) is 0.188. The number of carbonyl (C=O) groups is 1. The molecule has 0 atom stereocenters. The number of hydrogen-bond acceptors (Lipinski definition) is 2. The van der Waals surface area contributed by atoms with Crippen LogP contribution in [0.4, 0.5) is 4.39 Å². The molecule has 0 aliphatic rings. The monoisotopic (exact) mass is 352 g/mol. The van der Waals surface area contributed by atoms with E-state index in [0.717, 1.165) is 16.7 Å². The fourth-order valence-corrected chi connectivity index (χ4v) is 2.56. The van der Waals surface area contributed by atoms with Gasteiger partial charge in [-0.2, -0.15) is 0 Å². The van der Waals surface area contributed by atoms with E-state index in [1.807, 2.05) is 0 Å². The largest absolute Gasteiger partial charge is 0.488 e. The Balaban J connectivity index is 2.22. The van der Waals surface area contributed by atoms with Gasteiger partial charge in [-0.3, -0.25) is 0 Å². The molecule has 0 unspecified atom stereocenters. The van der Waals surface area contributed by atoms with Crippen LogP contribution in [0.15, 0.2) is 34.8 Å². The molecule has 0 aromatic heterocycles. The molecular formula is C16H14BrFO3. The van der Waals surface area contributed by atoms with Crippen LogP contribution in [-0.2, 0) is 6.61 Å². The normalized spacial score (nSPS) is 10.5. The minimum Gasteiger partial charge on any atom is -0.488 e. The highest BCUT2D eigenvalue weighted by Gasteiger charge is 2.11. The van der Waals surface area contributed by atoms with E-state index >= 15 is 0 Å². The summed E-state index contributed by atoms with van der Waals surface area (Å²) in [6, 6.07) is 7.55. The maximum absolute atomic E-state index is 13.0. The van der Waals surface area contributed by atoms with Gasteiger partial charge >= 0.3 is 5.97 Å². The Morgan fingerprint density at radius 2 is 1.86 bits per heavy atom. The highest BCUT2D eigenvalue weighted by Crippen LogP contribution is 2.27. The standard InChI is InChI=1S/C16H14BrFO3/c1-9-5-12(16(19)20)6-10(2)15(9)21-8-11-3-4-13(18)7-14(11)17/h3-7H,8H2,1-2H3,(H,19,20). The Labute approximate surface area is 130 Å². The van der Waals surface area contributed by atoms with E-state index in [0.29, 0.717) is 10.2 Å². The summed E-state index contributed by atoms with van der Waals surface area (Å²) in [4.78, 5) is 11.0. The van der Waals surface area contributed by atoms with Crippen LogP contribution in [0.25, 0.3) is 0 Å². The first-order chi connectivity index (χ1) is 9.88. The lowest BCUT2D eigenvalue weighted by Crippen LogP contribution is -2.03. The Morgan fingerprint density at radius 1 is 1.24 bits per heavy atom. The summed E-state index contributed by atoms with van der Waals surface area (Å²) in [5.41, 5.74) is 2.56. The van der Waals surface area contributed by atoms with Crippen molar-refractivity contribution >= 4 is 21.9 Å². The van der Waals surface area contributed by atoms with E-state index in [9.17, 15) is 9.18 Å². The highest BCUT2D eigenvalue weighted by atomic mass is 79.9. The first-order valence-corrected chi connectivity index (χ1v) is 7.09. The quantitative estimate of drug-likeness (QED) is 0.882. The van der Waals surface area contributed by atoms with Crippen molar-refractivity contribution in [2.75, 3.05) is 0 Å². The number of benzene rings is 2. The molecule has 5 heteroatoms. The average molecular weight is 353 g/mol. The van der Waals surface area contributed by atoms with Gasteiger partial charge in [-0.05, 0) is 49.2 Å². The van der Waals surface area contributed by atoms with Crippen LogP contribution in [0.3, 0.4) is 0 Å². The lowest BCUT2D eigenvalue weighted by Gasteiger charge is -2.14. The third-order valence-electron chi connectivity index (χ3n) is 3.09. The van der Waals surface area contributed by atoms with Crippen LogP contribution in [0.1, 0.15) is 27.0 Å². The number of carboxylic acids is 1. The smallest absolute Gasteiger partial charge is 0.335 e. The van der Waals surface area contributed by atoms with Crippen molar-refractivity contribution in [3.63, 3.8) is 0 Å². The summed E-state index contributed by atoms with van der Waals surface area (Å²) in [6.07, 6.45) is 0. The third kappa shape index (κ3) is 3.61. The van der Waals surface area contributed by atoms with Crippen molar-refractivity contribution in [3.8, 4) is 5.75 Å². The number of ether oxygens (including phenoxy) is 1. The van der Waals surface area contributed by atoms with Crippen LogP contribution >= 0.6 is 15.9 Å². The zero-order valence-electron chi connectivity index (χ0n) is 11.6. The summed E-state index contributed by atoms with van der Waals surface area (Å²) in [5, 5.41) is 9.01. The van der Waals surface area contributed by atoms with E-state index in [1.54, 1.807) is 32.0 Å². The number of rotatable bonds is 4. The predicted octanol–water partition coefficient (Wildman–Crippen LogP) is 4.48. The molecule has 0 amide bonds. The Kier molecular flexibility index (Phi) is 4.63. The van der Waals surface area contributed by atoms with Crippen LogP contribution in [0.5, 0.6) is 5.75 Å². The lowest BCUT2D eigenvalue weighted by molar-refractivity contribution is 0.0696. The molecule has 0 radical (unpaired) electrons. The molecule has 0 spiro atoms. The Morgan fingerprint density at radius 3 is 2.38 bits per heavy atom. The third-order valence-corrected chi connectivity index (χ3v) is 3.83. The van der Waals surface area contributed by atoms with E-state index in [4.69, 9.17) is 9.84 Å². The van der Waals surface area contributed by atoms with Gasteiger partial charge in [0.15, 0.2) is 0 Å². The Hall–Kier alpha value is -1.88. The second-order valence-corrected chi connectivity index (χ2v) is 5.62. The number of carboxylic acid groups (broad SMARTS) is 1. The minimum absolute atomic E-state index is 0.236. The maximum atomic E-state index is 13.0. The molecule has 0 fully saturated rings. The average Bonchev–Trinajstić information content (AvgIpc) is 2.39. The van der Waals surface area contributed by atoms with Crippen molar-refractivity contribution in [2.45, 2.75) is 20.5 Å². The molecule has 110 valence electrons. The van der Waals surface area contributed by atoms with Gasteiger partial charge in [0.05, 0.1) is 5.56 Å². The predicted molar refractivity (Wildman–Crippen MR) is 81.3 cm³/mol. The van der Waals surface area contributed by atoms with Gasteiger partial charge in [-0.1, -0.05) is 22.0 Å². The van der Waals surface area contributed by atoms with Gasteiger partial charge in [0, 0.05) is 10.0 Å². The lowest BCUT2D eigenvalue weighted by atomic mass is 10.1. The zero-order valence-corrected chi connectivity index (χ0v) is 13.2. The second-order valence-electron chi connectivity index (χ2n) is 4.77. The molecule has 0 aliphatic carbocycles. The number of aryl methyl sites for hydroxylation is 2. The summed E-state index contributed by atoms with van der Waals surface area (Å²) in [5.74, 6) is -0.631. The van der Waals surface area contributed by atoms with Gasteiger partial charge in [0.1, 0.15) is 18.2 Å². The molecule has 0 aliphatic heterocycles. The number of aromatic carboxylic acids is 1. The molecule has 1 N–H and O–H groups in total. The molecule has 21 heavy (non-hydrogen) atoms. The van der Waals surface area contributed by atoms with Crippen LogP contribution in [0, 0.1) is 19.7 Å². The van der Waals surface area contributed by atoms with Gasteiger partial charge in [0.2, 0.25) is 0 Å². The molecule has 0 bridgehead atoms. The van der Waals surface area contributed by atoms with Crippen molar-refractivity contribution in [1.29, 1.82) is 0 Å².